The van der Waals surface area contributed by atoms with Crippen molar-refractivity contribution in [1.29, 1.82) is 0 Å². The summed E-state index contributed by atoms with van der Waals surface area (Å²) in [6, 6.07) is 1.58. The van der Waals surface area contributed by atoms with Crippen LogP contribution in [0.4, 0.5) is 5.69 Å². The second-order valence-electron chi connectivity index (χ2n) is 4.20. The van der Waals surface area contributed by atoms with Crippen molar-refractivity contribution in [1.82, 2.24) is 9.29 Å². The number of aryl methyl sites for hydroxylation is 1. The molecular formula is C11H17N3O4S. The van der Waals surface area contributed by atoms with E-state index in [0.717, 1.165) is 4.31 Å². The van der Waals surface area contributed by atoms with Crippen LogP contribution in [0, 0.1) is 6.92 Å². The van der Waals surface area contributed by atoms with Crippen molar-refractivity contribution in [2.24, 2.45) is 0 Å². The van der Waals surface area contributed by atoms with Crippen LogP contribution in [-0.4, -0.2) is 55.2 Å². The number of aromatic carboxylic acids is 1. The highest BCUT2D eigenvalue weighted by Gasteiger charge is 2.15. The van der Waals surface area contributed by atoms with Gasteiger partial charge >= 0.3 is 5.97 Å². The fourth-order valence-electron chi connectivity index (χ4n) is 1.37. The summed E-state index contributed by atoms with van der Waals surface area (Å²) in [6.45, 7) is 1.86. The lowest BCUT2D eigenvalue weighted by atomic mass is 10.2. The molecule has 0 fully saturated rings. The molecule has 19 heavy (non-hydrogen) atoms. The average molecular weight is 287 g/mol. The Kier molecular flexibility index (Phi) is 4.84. The molecule has 0 aromatic carbocycles. The van der Waals surface area contributed by atoms with Crippen LogP contribution in [0.3, 0.4) is 0 Å². The Morgan fingerprint density at radius 3 is 2.63 bits per heavy atom. The molecule has 106 valence electrons. The quantitative estimate of drug-likeness (QED) is 0.785. The third-order valence-electron chi connectivity index (χ3n) is 2.50. The molecule has 0 unspecified atom stereocenters. The first-order valence-corrected chi connectivity index (χ1v) is 7.19. The molecule has 0 aliphatic carbocycles. The maximum atomic E-state index is 11.6. The molecule has 0 atom stereocenters. The normalized spacial score (nSPS) is 11.6. The van der Waals surface area contributed by atoms with Crippen LogP contribution < -0.4 is 5.32 Å². The van der Waals surface area contributed by atoms with Crippen molar-refractivity contribution in [3.63, 3.8) is 0 Å². The van der Waals surface area contributed by atoms with Gasteiger partial charge in [-0.2, -0.15) is 0 Å². The highest BCUT2D eigenvalue weighted by atomic mass is 32.2. The van der Waals surface area contributed by atoms with Crippen molar-refractivity contribution in [2.45, 2.75) is 6.92 Å². The van der Waals surface area contributed by atoms with Crippen LogP contribution in [0.25, 0.3) is 0 Å². The van der Waals surface area contributed by atoms with E-state index in [9.17, 15) is 13.2 Å². The molecule has 8 heteroatoms. The third-order valence-corrected chi connectivity index (χ3v) is 4.34. The summed E-state index contributed by atoms with van der Waals surface area (Å²) < 4.78 is 24.3. The number of hydrogen-bond donors (Lipinski definition) is 2. The first kappa shape index (κ1) is 15.4. The highest BCUT2D eigenvalue weighted by molar-refractivity contribution is 7.89. The third kappa shape index (κ3) is 4.18. The number of pyridine rings is 1. The molecule has 1 aromatic heterocycles. The summed E-state index contributed by atoms with van der Waals surface area (Å²) in [5.41, 5.74) is 1.05. The molecule has 0 amide bonds. The van der Waals surface area contributed by atoms with Crippen LogP contribution in [-0.2, 0) is 10.0 Å². The Bertz CT molecular complexity index is 569. The van der Waals surface area contributed by atoms with Gasteiger partial charge in [0.1, 0.15) is 5.56 Å². The predicted molar refractivity (Wildman–Crippen MR) is 71.9 cm³/mol. The molecule has 1 aromatic rings. The van der Waals surface area contributed by atoms with Gasteiger partial charge in [0.25, 0.3) is 0 Å². The second-order valence-corrected chi connectivity index (χ2v) is 6.50. The summed E-state index contributed by atoms with van der Waals surface area (Å²) in [7, 11) is -0.398. The number of nitrogens with one attached hydrogen (secondary N) is 1. The Balaban J connectivity index is 2.78. The number of nitrogens with zero attached hydrogens (tertiary/aromatic N) is 2. The molecule has 0 aliphatic heterocycles. The maximum absolute atomic E-state index is 11.6. The van der Waals surface area contributed by atoms with E-state index in [2.05, 4.69) is 10.3 Å². The topological polar surface area (TPSA) is 99.6 Å². The van der Waals surface area contributed by atoms with Crippen LogP contribution >= 0.6 is 0 Å². The van der Waals surface area contributed by atoms with Gasteiger partial charge in [-0.25, -0.2) is 17.5 Å². The Morgan fingerprint density at radius 1 is 1.47 bits per heavy atom. The molecule has 0 aliphatic rings. The van der Waals surface area contributed by atoms with E-state index < -0.39 is 16.0 Å². The predicted octanol–water partition coefficient (Wildman–Crippen LogP) is 0.392. The number of anilines is 1. The zero-order valence-electron chi connectivity index (χ0n) is 11.0. The van der Waals surface area contributed by atoms with E-state index in [-0.39, 0.29) is 17.9 Å². The highest BCUT2D eigenvalue weighted by Crippen LogP contribution is 2.15. The van der Waals surface area contributed by atoms with Crippen molar-refractivity contribution >= 4 is 21.7 Å². The van der Waals surface area contributed by atoms with Gasteiger partial charge in [-0.15, -0.1) is 0 Å². The minimum absolute atomic E-state index is 0.0212. The van der Waals surface area contributed by atoms with E-state index in [1.807, 2.05) is 0 Å². The minimum Gasteiger partial charge on any atom is -0.478 e. The number of sulfonamides is 1. The summed E-state index contributed by atoms with van der Waals surface area (Å²) in [5.74, 6) is -1.22. The van der Waals surface area contributed by atoms with Gasteiger partial charge < -0.3 is 10.4 Å². The number of aromatic nitrogens is 1. The second kappa shape index (κ2) is 5.98. The van der Waals surface area contributed by atoms with Crippen molar-refractivity contribution in [2.75, 3.05) is 31.7 Å². The standard InChI is InChI=1S/C11H17N3O4S/c1-8-6-10(9(7-13-8)11(15)16)12-4-5-19(17,18)14(2)3/h6-7H,4-5H2,1-3H3,(H,12,13)(H,15,16). The van der Waals surface area contributed by atoms with Crippen LogP contribution in [0.15, 0.2) is 12.3 Å². The van der Waals surface area contributed by atoms with Crippen molar-refractivity contribution < 1.29 is 18.3 Å². The van der Waals surface area contributed by atoms with Gasteiger partial charge in [-0.05, 0) is 13.0 Å². The fraction of sp³-hybridized carbons (Fsp3) is 0.455. The van der Waals surface area contributed by atoms with Crippen LogP contribution in [0.1, 0.15) is 16.1 Å². The summed E-state index contributed by atoms with van der Waals surface area (Å²) in [4.78, 5) is 14.9. The minimum atomic E-state index is -3.30. The van der Waals surface area contributed by atoms with Gasteiger partial charge in [0.15, 0.2) is 0 Å². The molecule has 7 nitrogen and oxygen atoms in total. The van der Waals surface area contributed by atoms with E-state index in [1.54, 1.807) is 13.0 Å². The molecule has 0 saturated carbocycles. The molecular weight excluding hydrogens is 270 g/mol. The fourth-order valence-corrected chi connectivity index (χ4v) is 2.10. The van der Waals surface area contributed by atoms with Gasteiger partial charge in [0.05, 0.1) is 11.4 Å². The summed E-state index contributed by atoms with van der Waals surface area (Å²) >= 11 is 0. The smallest absolute Gasteiger partial charge is 0.339 e. The molecule has 0 saturated heterocycles. The van der Waals surface area contributed by atoms with Gasteiger partial charge in [0, 0.05) is 32.5 Å². The summed E-state index contributed by atoms with van der Waals surface area (Å²) in [5, 5.41) is 11.8. The molecule has 2 N–H and O–H groups in total. The van der Waals surface area contributed by atoms with Gasteiger partial charge in [0.2, 0.25) is 10.0 Å². The Hall–Kier alpha value is -1.67. The molecule has 0 radical (unpaired) electrons. The van der Waals surface area contributed by atoms with Crippen LogP contribution in [0.5, 0.6) is 0 Å². The lowest BCUT2D eigenvalue weighted by molar-refractivity contribution is 0.0697. The van der Waals surface area contributed by atoms with E-state index >= 15 is 0 Å². The number of rotatable bonds is 6. The maximum Gasteiger partial charge on any atom is 0.339 e. The first-order chi connectivity index (χ1) is 8.74. The summed E-state index contributed by atoms with van der Waals surface area (Å²) in [6.07, 6.45) is 1.25. The van der Waals surface area contributed by atoms with E-state index in [0.29, 0.717) is 11.4 Å². The Morgan fingerprint density at radius 2 is 2.11 bits per heavy atom. The number of carbonyl (C=O) groups is 1. The zero-order valence-corrected chi connectivity index (χ0v) is 11.9. The lowest BCUT2D eigenvalue weighted by Gasteiger charge is -2.13. The molecule has 1 heterocycles. The van der Waals surface area contributed by atoms with E-state index in [1.165, 1.54) is 20.3 Å². The number of carboxylic acids is 1. The first-order valence-electron chi connectivity index (χ1n) is 5.58. The largest absolute Gasteiger partial charge is 0.478 e. The monoisotopic (exact) mass is 287 g/mol. The SMILES string of the molecule is Cc1cc(NCCS(=O)(=O)N(C)C)c(C(=O)O)cn1. The Labute approximate surface area is 112 Å². The van der Waals surface area contributed by atoms with Gasteiger partial charge in [-0.3, -0.25) is 4.98 Å². The number of carboxylic acid groups (broad SMARTS) is 1. The number of hydrogen-bond acceptors (Lipinski definition) is 5. The van der Waals surface area contributed by atoms with Crippen LogP contribution in [0.2, 0.25) is 0 Å². The average Bonchev–Trinajstić information content (AvgIpc) is 2.28. The lowest BCUT2D eigenvalue weighted by Crippen LogP contribution is -2.28. The molecule has 1 rings (SSSR count). The molecule has 0 spiro atoms. The zero-order chi connectivity index (χ0) is 14.6. The van der Waals surface area contributed by atoms with E-state index in [4.69, 9.17) is 5.11 Å². The van der Waals surface area contributed by atoms with Crippen molar-refractivity contribution in [3.05, 3.63) is 23.5 Å². The molecule has 0 bridgehead atoms. The van der Waals surface area contributed by atoms with Crippen molar-refractivity contribution in [3.8, 4) is 0 Å². The van der Waals surface area contributed by atoms with Gasteiger partial charge in [-0.1, -0.05) is 0 Å².